The largest absolute Gasteiger partial charge is 0.472 e. The average Bonchev–Trinajstić information content (AvgIpc) is 3.35. The van der Waals surface area contributed by atoms with Crippen LogP contribution in [0, 0.1) is 34.0 Å². The first kappa shape index (κ1) is 25.3. The second kappa shape index (κ2) is 7.81. The van der Waals surface area contributed by atoms with Crippen molar-refractivity contribution in [2.45, 2.75) is 84.4 Å². The molecule has 1 spiro atoms. The maximum atomic E-state index is 13.3. The van der Waals surface area contributed by atoms with Crippen LogP contribution in [0.2, 0.25) is 0 Å². The van der Waals surface area contributed by atoms with Gasteiger partial charge in [-0.1, -0.05) is 33.8 Å². The smallest absolute Gasteiger partial charge is 0.339 e. The number of hydrogen-bond acceptors (Lipinski definition) is 9. The third-order valence-electron chi connectivity index (χ3n) is 10.4. The molecule has 0 N–H and O–H groups in total. The first-order valence-corrected chi connectivity index (χ1v) is 13.3. The van der Waals surface area contributed by atoms with E-state index in [1.807, 2.05) is 19.9 Å². The molecule has 0 bridgehead atoms. The summed E-state index contributed by atoms with van der Waals surface area (Å²) in [5.41, 5.74) is -2.43. The maximum Gasteiger partial charge on any atom is 0.339 e. The molecule has 9 nitrogen and oxygen atoms in total. The Morgan fingerprint density at radius 2 is 1.68 bits per heavy atom. The van der Waals surface area contributed by atoms with Crippen molar-refractivity contribution in [2.75, 3.05) is 0 Å². The van der Waals surface area contributed by atoms with Gasteiger partial charge < -0.3 is 23.4 Å². The lowest BCUT2D eigenvalue weighted by Gasteiger charge is -2.65. The predicted octanol–water partition coefficient (Wildman–Crippen LogP) is 3.71. The molecule has 2 aliphatic heterocycles. The molecule has 0 amide bonds. The predicted molar refractivity (Wildman–Crippen MR) is 130 cm³/mol. The zero-order valence-electron chi connectivity index (χ0n) is 22.5. The lowest BCUT2D eigenvalue weighted by atomic mass is 9.40. The van der Waals surface area contributed by atoms with Crippen molar-refractivity contribution < 1.29 is 42.5 Å². The van der Waals surface area contributed by atoms with Gasteiger partial charge in [-0.25, -0.2) is 4.79 Å². The van der Waals surface area contributed by atoms with Crippen LogP contribution in [0.4, 0.5) is 0 Å². The van der Waals surface area contributed by atoms with Gasteiger partial charge in [0, 0.05) is 42.1 Å². The van der Waals surface area contributed by atoms with Crippen molar-refractivity contribution in [1.29, 1.82) is 0 Å². The summed E-state index contributed by atoms with van der Waals surface area (Å²) in [7, 11) is 0. The molecule has 38 heavy (non-hydrogen) atoms. The Morgan fingerprint density at radius 3 is 2.32 bits per heavy atom. The summed E-state index contributed by atoms with van der Waals surface area (Å²) in [6.45, 7) is 10.5. The number of rotatable bonds is 3. The Kier molecular flexibility index (Phi) is 5.21. The first-order valence-electron chi connectivity index (χ1n) is 13.3. The van der Waals surface area contributed by atoms with E-state index in [9.17, 15) is 19.2 Å². The van der Waals surface area contributed by atoms with Crippen molar-refractivity contribution in [3.8, 4) is 0 Å². The van der Waals surface area contributed by atoms with E-state index >= 15 is 0 Å². The van der Waals surface area contributed by atoms with Crippen LogP contribution < -0.4 is 0 Å². The Labute approximate surface area is 221 Å². The van der Waals surface area contributed by atoms with Gasteiger partial charge in [0.1, 0.15) is 23.9 Å². The summed E-state index contributed by atoms with van der Waals surface area (Å²) in [6.07, 6.45) is 4.77. The topological polar surface area (TPSA) is 122 Å². The van der Waals surface area contributed by atoms with Gasteiger partial charge in [-0.05, 0) is 36.3 Å². The molecular formula is C29H34O9. The summed E-state index contributed by atoms with van der Waals surface area (Å²) in [5, 5.41) is 0. The minimum atomic E-state index is -1.01. The summed E-state index contributed by atoms with van der Waals surface area (Å²) >= 11 is 0. The fourth-order valence-electron chi connectivity index (χ4n) is 8.93. The van der Waals surface area contributed by atoms with E-state index < -0.39 is 76.0 Å². The molecule has 4 fully saturated rings. The highest BCUT2D eigenvalue weighted by Crippen LogP contribution is 2.75. The van der Waals surface area contributed by atoms with Gasteiger partial charge >= 0.3 is 17.9 Å². The molecule has 3 aliphatic carbocycles. The summed E-state index contributed by atoms with van der Waals surface area (Å²) in [6, 6.07) is 1.78. The van der Waals surface area contributed by atoms with Crippen LogP contribution in [0.1, 0.15) is 66.1 Å². The van der Waals surface area contributed by atoms with Gasteiger partial charge in [-0.3, -0.25) is 14.4 Å². The van der Waals surface area contributed by atoms with Gasteiger partial charge in [0.15, 0.2) is 11.9 Å². The number of furan rings is 1. The number of esters is 3. The van der Waals surface area contributed by atoms with E-state index in [0.717, 1.165) is 5.56 Å². The van der Waals surface area contributed by atoms with E-state index in [4.69, 9.17) is 23.4 Å². The van der Waals surface area contributed by atoms with Crippen molar-refractivity contribution in [2.24, 2.45) is 34.0 Å². The standard InChI is InChI=1S/C29H34O9/c1-14(30)35-20-19-17(27(5)10-8-18(32)26(3,4)22(27)21(20)36-15(2)31)7-11-28(6)23(16-9-12-34-13-16)37-25(33)24-29(19,28)38-24/h8-10,12-13,17,19-24H,7,11H2,1-6H3/t17?,19?,20-,21+,22?,23+,24-,27-,28+,29-/m1/s1. The SMILES string of the molecule is CC(=O)O[C@@H]1C2C(C)(C)C(=O)C=C[C@]2(C)C2CC[C@@]3(C)[C@H](c4ccoc4)OC(=O)[C@H]4O[C@]43C2[C@H]1OC(C)=O. The number of ether oxygens (including phenoxy) is 4. The lowest BCUT2D eigenvalue weighted by Crippen LogP contribution is -2.72. The van der Waals surface area contributed by atoms with Crippen LogP contribution in [0.3, 0.4) is 0 Å². The third kappa shape index (κ3) is 3.02. The van der Waals surface area contributed by atoms with Crippen molar-refractivity contribution in [3.63, 3.8) is 0 Å². The van der Waals surface area contributed by atoms with Gasteiger partial charge in [0.25, 0.3) is 0 Å². The zero-order valence-corrected chi connectivity index (χ0v) is 22.5. The van der Waals surface area contributed by atoms with Gasteiger partial charge in [-0.2, -0.15) is 0 Å². The molecule has 0 aromatic carbocycles. The van der Waals surface area contributed by atoms with E-state index in [1.165, 1.54) is 13.8 Å². The minimum Gasteiger partial charge on any atom is -0.472 e. The Balaban J connectivity index is 1.57. The number of epoxide rings is 1. The van der Waals surface area contributed by atoms with E-state index in [1.54, 1.807) is 24.7 Å². The molecule has 0 radical (unpaired) electrons. The highest BCUT2D eigenvalue weighted by molar-refractivity contribution is 5.96. The minimum absolute atomic E-state index is 0.0715. The number of hydrogen-bond donors (Lipinski definition) is 0. The lowest BCUT2D eigenvalue weighted by molar-refractivity contribution is -0.250. The van der Waals surface area contributed by atoms with E-state index in [2.05, 4.69) is 13.8 Å². The van der Waals surface area contributed by atoms with E-state index in [-0.39, 0.29) is 11.7 Å². The fraction of sp³-hybridized carbons (Fsp3) is 0.655. The van der Waals surface area contributed by atoms with Crippen LogP contribution in [-0.2, 0) is 38.1 Å². The monoisotopic (exact) mass is 526 g/mol. The quantitative estimate of drug-likeness (QED) is 0.329. The highest BCUT2D eigenvalue weighted by atomic mass is 16.7. The van der Waals surface area contributed by atoms with Crippen LogP contribution in [-0.4, -0.2) is 47.6 Å². The molecule has 3 unspecified atom stereocenters. The Bertz CT molecular complexity index is 1250. The number of cyclic esters (lactones) is 1. The molecule has 204 valence electrons. The molecule has 10 atom stereocenters. The second-order valence-electron chi connectivity index (χ2n) is 12.7. The number of fused-ring (bicyclic) bond motifs is 3. The number of carbonyl (C=O) groups is 4. The molecule has 5 aliphatic rings. The fourth-order valence-corrected chi connectivity index (χ4v) is 8.93. The normalized spacial score (nSPS) is 46.0. The van der Waals surface area contributed by atoms with Gasteiger partial charge in [0.05, 0.1) is 12.5 Å². The Morgan fingerprint density at radius 1 is 1.00 bits per heavy atom. The van der Waals surface area contributed by atoms with Crippen LogP contribution >= 0.6 is 0 Å². The summed E-state index contributed by atoms with van der Waals surface area (Å²) in [5.74, 6) is -2.68. The molecule has 1 aromatic rings. The summed E-state index contributed by atoms with van der Waals surface area (Å²) in [4.78, 5) is 51.5. The molecule has 1 aromatic heterocycles. The zero-order chi connectivity index (χ0) is 27.4. The first-order chi connectivity index (χ1) is 17.8. The van der Waals surface area contributed by atoms with Crippen molar-refractivity contribution in [3.05, 3.63) is 36.3 Å². The molecular weight excluding hydrogens is 492 g/mol. The van der Waals surface area contributed by atoms with Gasteiger partial charge in [-0.15, -0.1) is 0 Å². The van der Waals surface area contributed by atoms with Crippen molar-refractivity contribution in [1.82, 2.24) is 0 Å². The molecule has 6 rings (SSSR count). The molecule has 9 heteroatoms. The Hall–Kier alpha value is -2.94. The number of ketones is 1. The third-order valence-corrected chi connectivity index (χ3v) is 10.4. The van der Waals surface area contributed by atoms with Crippen LogP contribution in [0.15, 0.2) is 35.2 Å². The second-order valence-corrected chi connectivity index (χ2v) is 12.7. The average molecular weight is 527 g/mol. The number of carbonyl (C=O) groups excluding carboxylic acids is 4. The van der Waals surface area contributed by atoms with E-state index in [0.29, 0.717) is 12.8 Å². The molecule has 2 saturated carbocycles. The van der Waals surface area contributed by atoms with Gasteiger partial charge in [0.2, 0.25) is 0 Å². The molecule has 3 heterocycles. The maximum absolute atomic E-state index is 13.3. The molecule has 2 saturated heterocycles. The van der Waals surface area contributed by atoms with Crippen LogP contribution in [0.25, 0.3) is 0 Å². The van der Waals surface area contributed by atoms with Crippen LogP contribution in [0.5, 0.6) is 0 Å². The number of allylic oxidation sites excluding steroid dienone is 2. The van der Waals surface area contributed by atoms with Crippen molar-refractivity contribution >= 4 is 23.7 Å². The highest BCUT2D eigenvalue weighted by Gasteiger charge is 2.85. The summed E-state index contributed by atoms with van der Waals surface area (Å²) < 4.78 is 29.7.